The minimum atomic E-state index is -3.41. The van der Waals surface area contributed by atoms with E-state index in [4.69, 9.17) is 0 Å². The summed E-state index contributed by atoms with van der Waals surface area (Å²) in [4.78, 5) is 12.4. The van der Waals surface area contributed by atoms with Gasteiger partial charge in [0, 0.05) is 13.0 Å². The molecule has 1 N–H and O–H groups in total. The van der Waals surface area contributed by atoms with E-state index in [-0.39, 0.29) is 24.9 Å². The zero-order chi connectivity index (χ0) is 20.7. The topological polar surface area (TPSA) is 66.5 Å². The Morgan fingerprint density at radius 3 is 2.32 bits per heavy atom. The summed E-state index contributed by atoms with van der Waals surface area (Å²) in [6.45, 7) is 6.26. The molecule has 0 aromatic heterocycles. The van der Waals surface area contributed by atoms with Crippen LogP contribution in [0.25, 0.3) is 0 Å². The monoisotopic (exact) mass is 402 g/mol. The Kier molecular flexibility index (Phi) is 7.63. The van der Waals surface area contributed by atoms with Crippen LogP contribution in [0.5, 0.6) is 0 Å². The van der Waals surface area contributed by atoms with Gasteiger partial charge >= 0.3 is 0 Å². The number of hydrogen-bond donors (Lipinski definition) is 1. The van der Waals surface area contributed by atoms with Crippen LogP contribution < -0.4 is 9.62 Å². The van der Waals surface area contributed by atoms with Gasteiger partial charge in [-0.3, -0.25) is 9.10 Å². The lowest BCUT2D eigenvalue weighted by atomic mass is 10.0. The Morgan fingerprint density at radius 2 is 1.75 bits per heavy atom. The van der Waals surface area contributed by atoms with Crippen molar-refractivity contribution in [1.29, 1.82) is 0 Å². The number of aryl methyl sites for hydroxylation is 2. The van der Waals surface area contributed by atoms with Crippen molar-refractivity contribution in [2.24, 2.45) is 0 Å². The van der Waals surface area contributed by atoms with Crippen LogP contribution in [0.3, 0.4) is 0 Å². The second-order valence-corrected chi connectivity index (χ2v) is 9.05. The average molecular weight is 403 g/mol. The standard InChI is InChI=1S/C22H30N2O3S/c1-5-21(19-10-7-6-8-11-19)23-22(25)12-9-15-24(28(4,26)27)20-14-13-17(2)18(3)16-20/h6-8,10-11,13-14,16,21H,5,9,12,15H2,1-4H3,(H,23,25)/t21-/m1/s1. The molecule has 0 unspecified atom stereocenters. The van der Waals surface area contributed by atoms with Crippen LogP contribution in [0.1, 0.15) is 48.9 Å². The lowest BCUT2D eigenvalue weighted by Gasteiger charge is -2.23. The quantitative estimate of drug-likeness (QED) is 0.686. The minimum Gasteiger partial charge on any atom is -0.349 e. The van der Waals surface area contributed by atoms with Crippen molar-refractivity contribution >= 4 is 21.6 Å². The van der Waals surface area contributed by atoms with Gasteiger partial charge in [0.15, 0.2) is 0 Å². The molecule has 2 aromatic rings. The van der Waals surface area contributed by atoms with Crippen molar-refractivity contribution in [2.75, 3.05) is 17.1 Å². The Morgan fingerprint density at radius 1 is 1.07 bits per heavy atom. The zero-order valence-corrected chi connectivity index (χ0v) is 17.9. The molecule has 0 radical (unpaired) electrons. The first-order valence-electron chi connectivity index (χ1n) is 9.61. The molecule has 0 spiro atoms. The molecule has 1 atom stereocenters. The van der Waals surface area contributed by atoms with E-state index in [0.29, 0.717) is 12.1 Å². The van der Waals surface area contributed by atoms with Gasteiger partial charge in [0.25, 0.3) is 0 Å². The number of nitrogens with one attached hydrogen (secondary N) is 1. The maximum atomic E-state index is 12.4. The van der Waals surface area contributed by atoms with Crippen molar-refractivity contribution < 1.29 is 13.2 Å². The molecule has 5 nitrogen and oxygen atoms in total. The number of carbonyl (C=O) groups excluding carboxylic acids is 1. The first-order chi connectivity index (χ1) is 13.2. The van der Waals surface area contributed by atoms with Crippen LogP contribution in [0.4, 0.5) is 5.69 Å². The predicted molar refractivity (Wildman–Crippen MR) is 115 cm³/mol. The van der Waals surface area contributed by atoms with E-state index in [9.17, 15) is 13.2 Å². The molecule has 6 heteroatoms. The van der Waals surface area contributed by atoms with Crippen molar-refractivity contribution in [2.45, 2.75) is 46.1 Å². The van der Waals surface area contributed by atoms with Gasteiger partial charge in [0.05, 0.1) is 18.0 Å². The second-order valence-electron chi connectivity index (χ2n) is 7.15. The van der Waals surface area contributed by atoms with Crippen LogP contribution in [0.2, 0.25) is 0 Å². The van der Waals surface area contributed by atoms with E-state index in [1.807, 2.05) is 69.3 Å². The first kappa shape index (κ1) is 22.0. The molecule has 0 heterocycles. The van der Waals surface area contributed by atoms with Crippen LogP contribution in [0, 0.1) is 13.8 Å². The lowest BCUT2D eigenvalue weighted by molar-refractivity contribution is -0.121. The van der Waals surface area contributed by atoms with Crippen LogP contribution >= 0.6 is 0 Å². The second kappa shape index (κ2) is 9.73. The Labute approximate surface area is 168 Å². The van der Waals surface area contributed by atoms with Gasteiger partial charge in [-0.1, -0.05) is 43.3 Å². The van der Waals surface area contributed by atoms with E-state index < -0.39 is 10.0 Å². The Balaban J connectivity index is 1.98. The highest BCUT2D eigenvalue weighted by Gasteiger charge is 2.19. The highest BCUT2D eigenvalue weighted by molar-refractivity contribution is 7.92. The summed E-state index contributed by atoms with van der Waals surface area (Å²) in [5.74, 6) is -0.0655. The Hall–Kier alpha value is -2.34. The Bertz CT molecular complexity index is 895. The molecule has 0 saturated carbocycles. The fraction of sp³-hybridized carbons (Fsp3) is 0.409. The lowest BCUT2D eigenvalue weighted by Crippen LogP contribution is -2.33. The van der Waals surface area contributed by atoms with E-state index in [1.54, 1.807) is 0 Å². The number of amides is 1. The molecule has 2 aromatic carbocycles. The van der Waals surface area contributed by atoms with Crippen molar-refractivity contribution in [1.82, 2.24) is 5.32 Å². The summed E-state index contributed by atoms with van der Waals surface area (Å²) < 4.78 is 25.9. The largest absolute Gasteiger partial charge is 0.349 e. The average Bonchev–Trinajstić information content (AvgIpc) is 2.65. The molecule has 2 rings (SSSR count). The van der Waals surface area contributed by atoms with Crippen molar-refractivity contribution in [3.63, 3.8) is 0 Å². The van der Waals surface area contributed by atoms with Gasteiger partial charge < -0.3 is 5.32 Å². The molecular weight excluding hydrogens is 372 g/mol. The summed E-state index contributed by atoms with van der Waals surface area (Å²) in [5.41, 5.74) is 3.87. The van der Waals surface area contributed by atoms with E-state index in [0.717, 1.165) is 23.1 Å². The number of hydrogen-bond acceptors (Lipinski definition) is 3. The molecule has 0 saturated heterocycles. The first-order valence-corrected chi connectivity index (χ1v) is 11.5. The van der Waals surface area contributed by atoms with E-state index >= 15 is 0 Å². The third-order valence-corrected chi connectivity index (χ3v) is 6.08. The molecule has 0 aliphatic rings. The normalized spacial score (nSPS) is 12.4. The molecule has 0 aliphatic heterocycles. The van der Waals surface area contributed by atoms with Gasteiger partial charge in [-0.15, -0.1) is 0 Å². The third kappa shape index (κ3) is 6.09. The SMILES string of the molecule is CC[C@@H](NC(=O)CCCN(c1ccc(C)c(C)c1)S(C)(=O)=O)c1ccccc1. The van der Waals surface area contributed by atoms with E-state index in [2.05, 4.69) is 5.32 Å². The molecule has 0 aliphatic carbocycles. The highest BCUT2D eigenvalue weighted by Crippen LogP contribution is 2.22. The molecule has 1 amide bonds. The summed E-state index contributed by atoms with van der Waals surface area (Å²) in [6, 6.07) is 15.4. The third-order valence-electron chi connectivity index (χ3n) is 4.89. The minimum absolute atomic E-state index is 0.0283. The van der Waals surface area contributed by atoms with Crippen molar-refractivity contribution in [3.05, 3.63) is 65.2 Å². The number of anilines is 1. The van der Waals surface area contributed by atoms with Gasteiger partial charge in [-0.2, -0.15) is 0 Å². The summed E-state index contributed by atoms with van der Waals surface area (Å²) in [7, 11) is -3.41. The van der Waals surface area contributed by atoms with Gasteiger partial charge in [0.2, 0.25) is 15.9 Å². The zero-order valence-electron chi connectivity index (χ0n) is 17.1. The number of benzene rings is 2. The fourth-order valence-corrected chi connectivity index (χ4v) is 4.08. The maximum absolute atomic E-state index is 12.4. The highest BCUT2D eigenvalue weighted by atomic mass is 32.2. The molecular formula is C22H30N2O3S. The summed E-state index contributed by atoms with van der Waals surface area (Å²) >= 11 is 0. The summed E-state index contributed by atoms with van der Waals surface area (Å²) in [6.07, 6.45) is 2.73. The number of sulfonamides is 1. The van der Waals surface area contributed by atoms with Crippen molar-refractivity contribution in [3.8, 4) is 0 Å². The predicted octanol–water partition coefficient (Wildman–Crippen LogP) is 4.12. The van der Waals surface area contributed by atoms with Crippen LogP contribution in [0.15, 0.2) is 48.5 Å². The molecule has 0 fully saturated rings. The maximum Gasteiger partial charge on any atom is 0.232 e. The van der Waals surface area contributed by atoms with Crippen LogP contribution in [-0.2, 0) is 14.8 Å². The van der Waals surface area contributed by atoms with Crippen LogP contribution in [-0.4, -0.2) is 27.1 Å². The molecule has 152 valence electrons. The number of nitrogens with zero attached hydrogens (tertiary/aromatic N) is 1. The fourth-order valence-electron chi connectivity index (χ4n) is 3.12. The molecule has 0 bridgehead atoms. The summed E-state index contributed by atoms with van der Waals surface area (Å²) in [5, 5.41) is 3.04. The van der Waals surface area contributed by atoms with Gasteiger partial charge in [-0.05, 0) is 55.5 Å². The number of rotatable bonds is 9. The van der Waals surface area contributed by atoms with Gasteiger partial charge in [0.1, 0.15) is 0 Å². The van der Waals surface area contributed by atoms with Gasteiger partial charge in [-0.25, -0.2) is 8.42 Å². The number of carbonyl (C=O) groups is 1. The van der Waals surface area contributed by atoms with E-state index in [1.165, 1.54) is 10.6 Å². The molecule has 28 heavy (non-hydrogen) atoms. The smallest absolute Gasteiger partial charge is 0.232 e.